The van der Waals surface area contributed by atoms with Crippen LogP contribution in [0.2, 0.25) is 0 Å². The second-order valence-electron chi connectivity index (χ2n) is 6.46. The summed E-state index contributed by atoms with van der Waals surface area (Å²) >= 11 is 0. The maximum absolute atomic E-state index is 10.9. The molecule has 2 aliphatic carbocycles. The Kier molecular flexibility index (Phi) is 3.57. The van der Waals surface area contributed by atoms with E-state index < -0.39 is 0 Å². The van der Waals surface area contributed by atoms with Gasteiger partial charge in [0.05, 0.1) is 6.54 Å². The van der Waals surface area contributed by atoms with Crippen molar-refractivity contribution in [1.82, 2.24) is 10.2 Å². The number of amides is 1. The molecule has 3 atom stereocenters. The quantitative estimate of drug-likeness (QED) is 0.774. The number of rotatable bonds is 4. The van der Waals surface area contributed by atoms with Crippen molar-refractivity contribution in [3.05, 3.63) is 0 Å². The molecular weight excluding hydrogens is 226 g/mol. The first kappa shape index (κ1) is 12.4. The number of nitrogens with zero attached hydrogens (tertiary/aromatic N) is 1. The second kappa shape index (κ2) is 5.17. The number of piperidine rings is 1. The van der Waals surface area contributed by atoms with E-state index >= 15 is 0 Å². The van der Waals surface area contributed by atoms with Crippen molar-refractivity contribution in [3.63, 3.8) is 0 Å². The standard InChI is InChI=1S/C14H25N3O/c15-14(18)9-17-5-3-12(4-6-17)16-13-8-10-1-2-11(13)7-10/h10-13,16H,1-9H2,(H2,15,18). The molecule has 18 heavy (non-hydrogen) atoms. The van der Waals surface area contributed by atoms with Crippen molar-refractivity contribution in [1.29, 1.82) is 0 Å². The first-order valence-corrected chi connectivity index (χ1v) is 7.47. The fourth-order valence-corrected chi connectivity index (χ4v) is 4.23. The lowest BCUT2D eigenvalue weighted by Crippen LogP contribution is -2.49. The van der Waals surface area contributed by atoms with Crippen LogP contribution in [0.3, 0.4) is 0 Å². The molecule has 0 aromatic rings. The third-order valence-electron chi connectivity index (χ3n) is 5.15. The van der Waals surface area contributed by atoms with E-state index in [2.05, 4.69) is 10.2 Å². The number of fused-ring (bicyclic) bond motifs is 2. The van der Waals surface area contributed by atoms with E-state index in [0.29, 0.717) is 12.6 Å². The molecule has 3 rings (SSSR count). The van der Waals surface area contributed by atoms with Crippen LogP contribution in [0.25, 0.3) is 0 Å². The summed E-state index contributed by atoms with van der Waals surface area (Å²) in [6.45, 7) is 2.46. The zero-order valence-electron chi connectivity index (χ0n) is 11.1. The number of nitrogens with one attached hydrogen (secondary N) is 1. The molecule has 3 N–H and O–H groups in total. The van der Waals surface area contributed by atoms with Gasteiger partial charge in [-0.3, -0.25) is 9.69 Å². The number of primary amides is 1. The van der Waals surface area contributed by atoms with Gasteiger partial charge in [0.15, 0.2) is 0 Å². The number of hydrogen-bond acceptors (Lipinski definition) is 3. The van der Waals surface area contributed by atoms with Gasteiger partial charge in [-0.05, 0) is 43.9 Å². The molecule has 4 nitrogen and oxygen atoms in total. The molecule has 0 aromatic carbocycles. The van der Waals surface area contributed by atoms with Crippen molar-refractivity contribution in [2.24, 2.45) is 17.6 Å². The van der Waals surface area contributed by atoms with E-state index in [1.54, 1.807) is 0 Å². The van der Waals surface area contributed by atoms with Gasteiger partial charge in [0.2, 0.25) is 5.91 Å². The molecule has 102 valence electrons. The normalized spacial score (nSPS) is 37.2. The minimum Gasteiger partial charge on any atom is -0.369 e. The van der Waals surface area contributed by atoms with Crippen LogP contribution < -0.4 is 11.1 Å². The Bertz CT molecular complexity index is 312. The van der Waals surface area contributed by atoms with Gasteiger partial charge >= 0.3 is 0 Å². The van der Waals surface area contributed by atoms with Crippen LogP contribution >= 0.6 is 0 Å². The van der Waals surface area contributed by atoms with Crippen molar-refractivity contribution in [2.75, 3.05) is 19.6 Å². The lowest BCUT2D eigenvalue weighted by molar-refractivity contribution is -0.119. The van der Waals surface area contributed by atoms with Crippen molar-refractivity contribution >= 4 is 5.91 Å². The molecule has 3 unspecified atom stereocenters. The SMILES string of the molecule is NC(=O)CN1CCC(NC2CC3CCC2C3)CC1. The summed E-state index contributed by atoms with van der Waals surface area (Å²) in [4.78, 5) is 13.1. The van der Waals surface area contributed by atoms with E-state index in [1.165, 1.54) is 38.5 Å². The van der Waals surface area contributed by atoms with Gasteiger partial charge in [0.1, 0.15) is 0 Å². The molecule has 0 spiro atoms. The first-order valence-electron chi connectivity index (χ1n) is 7.47. The lowest BCUT2D eigenvalue weighted by Gasteiger charge is -2.35. The molecule has 2 bridgehead atoms. The van der Waals surface area contributed by atoms with Gasteiger partial charge in [-0.1, -0.05) is 6.42 Å². The van der Waals surface area contributed by atoms with Crippen LogP contribution in [0.5, 0.6) is 0 Å². The van der Waals surface area contributed by atoms with E-state index in [9.17, 15) is 4.79 Å². The molecule has 2 saturated carbocycles. The zero-order valence-corrected chi connectivity index (χ0v) is 11.1. The molecule has 1 saturated heterocycles. The maximum Gasteiger partial charge on any atom is 0.231 e. The highest BCUT2D eigenvalue weighted by Crippen LogP contribution is 2.44. The Labute approximate surface area is 109 Å². The summed E-state index contributed by atoms with van der Waals surface area (Å²) in [5, 5.41) is 3.88. The van der Waals surface area contributed by atoms with Crippen molar-refractivity contribution in [2.45, 2.75) is 50.6 Å². The van der Waals surface area contributed by atoms with Gasteiger partial charge < -0.3 is 11.1 Å². The maximum atomic E-state index is 10.9. The minimum absolute atomic E-state index is 0.200. The Hall–Kier alpha value is -0.610. The Morgan fingerprint density at radius 2 is 1.94 bits per heavy atom. The highest BCUT2D eigenvalue weighted by molar-refractivity contribution is 5.75. The highest BCUT2D eigenvalue weighted by atomic mass is 16.1. The number of likely N-dealkylation sites (tertiary alicyclic amines) is 1. The van der Waals surface area contributed by atoms with Gasteiger partial charge in [0, 0.05) is 25.2 Å². The van der Waals surface area contributed by atoms with Gasteiger partial charge in [-0.15, -0.1) is 0 Å². The third kappa shape index (κ3) is 2.69. The van der Waals surface area contributed by atoms with Crippen LogP contribution in [0.4, 0.5) is 0 Å². The van der Waals surface area contributed by atoms with E-state index in [4.69, 9.17) is 5.73 Å². The molecule has 4 heteroatoms. The fraction of sp³-hybridized carbons (Fsp3) is 0.929. The average Bonchev–Trinajstić information content (AvgIpc) is 2.93. The topological polar surface area (TPSA) is 58.4 Å². The third-order valence-corrected chi connectivity index (χ3v) is 5.15. The number of carbonyl (C=O) groups excluding carboxylic acids is 1. The molecule has 0 radical (unpaired) electrons. The first-order chi connectivity index (χ1) is 8.70. The molecule has 0 aromatic heterocycles. The summed E-state index contributed by atoms with van der Waals surface area (Å²) in [5.41, 5.74) is 5.23. The highest BCUT2D eigenvalue weighted by Gasteiger charge is 2.40. The van der Waals surface area contributed by atoms with Gasteiger partial charge in [-0.25, -0.2) is 0 Å². The molecular formula is C14H25N3O. The second-order valence-corrected chi connectivity index (χ2v) is 6.46. The minimum atomic E-state index is -0.200. The molecule has 3 aliphatic rings. The zero-order chi connectivity index (χ0) is 12.5. The summed E-state index contributed by atoms with van der Waals surface area (Å²) < 4.78 is 0. The van der Waals surface area contributed by atoms with Crippen LogP contribution in [0.1, 0.15) is 38.5 Å². The summed E-state index contributed by atoms with van der Waals surface area (Å²) in [6, 6.07) is 1.45. The van der Waals surface area contributed by atoms with Crippen LogP contribution in [0.15, 0.2) is 0 Å². The number of nitrogens with two attached hydrogens (primary N) is 1. The lowest BCUT2D eigenvalue weighted by atomic mass is 9.93. The van der Waals surface area contributed by atoms with Gasteiger partial charge in [0.25, 0.3) is 0 Å². The number of hydrogen-bond donors (Lipinski definition) is 2. The Balaban J connectivity index is 1.42. The molecule has 3 fully saturated rings. The fourth-order valence-electron chi connectivity index (χ4n) is 4.23. The van der Waals surface area contributed by atoms with Crippen molar-refractivity contribution < 1.29 is 4.79 Å². The summed E-state index contributed by atoms with van der Waals surface area (Å²) in [6.07, 6.45) is 8.13. The van der Waals surface area contributed by atoms with Crippen LogP contribution in [0, 0.1) is 11.8 Å². The largest absolute Gasteiger partial charge is 0.369 e. The molecule has 1 amide bonds. The Morgan fingerprint density at radius 3 is 2.50 bits per heavy atom. The van der Waals surface area contributed by atoms with Crippen molar-refractivity contribution in [3.8, 4) is 0 Å². The number of carbonyl (C=O) groups is 1. The van der Waals surface area contributed by atoms with Crippen LogP contribution in [-0.2, 0) is 4.79 Å². The smallest absolute Gasteiger partial charge is 0.231 e. The van der Waals surface area contributed by atoms with E-state index in [0.717, 1.165) is 31.0 Å². The van der Waals surface area contributed by atoms with Gasteiger partial charge in [-0.2, -0.15) is 0 Å². The Morgan fingerprint density at radius 1 is 1.17 bits per heavy atom. The van der Waals surface area contributed by atoms with E-state index in [-0.39, 0.29) is 5.91 Å². The average molecular weight is 251 g/mol. The predicted octanol–water partition coefficient (Wildman–Crippen LogP) is 0.714. The van der Waals surface area contributed by atoms with E-state index in [1.807, 2.05) is 0 Å². The monoisotopic (exact) mass is 251 g/mol. The molecule has 1 heterocycles. The summed E-state index contributed by atoms with van der Waals surface area (Å²) in [5.74, 6) is 1.77. The predicted molar refractivity (Wildman–Crippen MR) is 71.0 cm³/mol. The summed E-state index contributed by atoms with van der Waals surface area (Å²) in [7, 11) is 0. The van der Waals surface area contributed by atoms with Crippen LogP contribution in [-0.4, -0.2) is 42.5 Å². The molecule has 1 aliphatic heterocycles.